The van der Waals surface area contributed by atoms with Gasteiger partial charge < -0.3 is 43.6 Å². The number of pyridine rings is 1. The van der Waals surface area contributed by atoms with Crippen LogP contribution in [0.3, 0.4) is 0 Å². The number of hydrogen-bond acceptors (Lipinski definition) is 17. The van der Waals surface area contributed by atoms with Crippen LogP contribution in [0.15, 0.2) is 172 Å². The lowest BCUT2D eigenvalue weighted by Crippen LogP contribution is -2.38. The van der Waals surface area contributed by atoms with Crippen LogP contribution in [0.2, 0.25) is 25.2 Å². The number of benzene rings is 7. The molecular formula is C81H79Cl5N8O16S3. The largest absolute Gasteiger partial charge is 0.494 e. The van der Waals surface area contributed by atoms with Crippen molar-refractivity contribution in [2.45, 2.75) is 97.0 Å². The van der Waals surface area contributed by atoms with Crippen LogP contribution in [0.25, 0.3) is 32.7 Å². The molecule has 12 rings (SSSR count). The first-order valence-corrected chi connectivity index (χ1v) is 41.7. The van der Waals surface area contributed by atoms with E-state index in [1.54, 1.807) is 49.4 Å². The number of nitrogens with zero attached hydrogens (tertiary/aromatic N) is 1. The van der Waals surface area contributed by atoms with Crippen molar-refractivity contribution in [1.82, 2.24) is 39.4 Å². The van der Waals surface area contributed by atoms with Gasteiger partial charge in [-0.05, 0) is 234 Å². The minimum atomic E-state index is -4.39. The van der Waals surface area contributed by atoms with Crippen molar-refractivity contribution in [2.75, 3.05) is 39.2 Å². The number of carbonyl (C=O) groups is 5. The Kier molecular flexibility index (Phi) is 28.2. The quantitative estimate of drug-likeness (QED) is 0.0136. The van der Waals surface area contributed by atoms with Crippen molar-refractivity contribution in [3.63, 3.8) is 0 Å². The maximum absolute atomic E-state index is 13.2. The maximum atomic E-state index is 13.2. The molecule has 4 amide bonds. The summed E-state index contributed by atoms with van der Waals surface area (Å²) in [4.78, 5) is 76.0. The molecule has 0 aliphatic heterocycles. The summed E-state index contributed by atoms with van der Waals surface area (Å²) in [7, 11) is -11.4. The number of furan rings is 1. The first kappa shape index (κ1) is 85.1. The summed E-state index contributed by atoms with van der Waals surface area (Å²) in [5, 5.41) is 7.18. The van der Waals surface area contributed by atoms with Crippen LogP contribution < -0.4 is 33.7 Å². The third-order valence-corrected chi connectivity index (χ3v) is 23.9. The smallest absolute Gasteiger partial charge is 0.374 e. The Morgan fingerprint density at radius 1 is 0.451 bits per heavy atom. The predicted molar refractivity (Wildman–Crippen MR) is 437 cm³/mol. The van der Waals surface area contributed by atoms with E-state index in [4.69, 9.17) is 76.6 Å². The number of rotatable bonds is 28. The summed E-state index contributed by atoms with van der Waals surface area (Å²) in [6.45, 7) is 14.3. The second kappa shape index (κ2) is 37.5. The average molecular weight is 1690 g/mol. The number of aromatic amines is 3. The van der Waals surface area contributed by atoms with E-state index < -0.39 is 64.6 Å². The zero-order valence-electron chi connectivity index (χ0n) is 62.4. The van der Waals surface area contributed by atoms with E-state index in [0.717, 1.165) is 102 Å². The Labute approximate surface area is 678 Å². The van der Waals surface area contributed by atoms with Crippen molar-refractivity contribution in [1.29, 1.82) is 0 Å². The fourth-order valence-corrected chi connectivity index (χ4v) is 15.7. The number of amides is 4. The van der Waals surface area contributed by atoms with E-state index in [-0.39, 0.29) is 45.3 Å². The molecular weight excluding hydrogens is 1610 g/mol. The summed E-state index contributed by atoms with van der Waals surface area (Å²) < 4.78 is 110. The van der Waals surface area contributed by atoms with Crippen molar-refractivity contribution in [3.05, 3.63) is 267 Å². The number of esters is 1. The second-order valence-corrected chi connectivity index (χ2v) is 33.4. The van der Waals surface area contributed by atoms with Crippen molar-refractivity contribution >= 4 is 150 Å². The molecule has 0 spiro atoms. The van der Waals surface area contributed by atoms with Gasteiger partial charge in [0.1, 0.15) is 44.4 Å². The Balaban J connectivity index is 0.000000180. The predicted octanol–water partition coefficient (Wildman–Crippen LogP) is 16.5. The monoisotopic (exact) mass is 1690 g/mol. The number of halogens is 5. The summed E-state index contributed by atoms with van der Waals surface area (Å²) in [6, 6.07) is 43.0. The lowest BCUT2D eigenvalue weighted by atomic mass is 10.1. The van der Waals surface area contributed by atoms with Crippen molar-refractivity contribution < 1.29 is 72.6 Å². The molecule has 24 nitrogen and oxygen atoms in total. The van der Waals surface area contributed by atoms with Gasteiger partial charge in [0.25, 0.3) is 43.7 Å². The highest BCUT2D eigenvalue weighted by Gasteiger charge is 2.29. The molecule has 0 aliphatic rings. The summed E-state index contributed by atoms with van der Waals surface area (Å²) in [5.74, 6) is -2.25. The van der Waals surface area contributed by atoms with Crippen LogP contribution in [0.5, 0.6) is 17.2 Å². The lowest BCUT2D eigenvalue weighted by Gasteiger charge is -2.11. The van der Waals surface area contributed by atoms with Gasteiger partial charge in [-0.15, -0.1) is 0 Å². The third-order valence-electron chi connectivity index (χ3n) is 17.9. The van der Waals surface area contributed by atoms with Gasteiger partial charge in [-0.3, -0.25) is 19.2 Å². The van der Waals surface area contributed by atoms with Crippen LogP contribution in [-0.2, 0) is 54.1 Å². The number of para-hydroxylation sites is 2. The van der Waals surface area contributed by atoms with E-state index >= 15 is 0 Å². The molecule has 0 saturated carbocycles. The summed E-state index contributed by atoms with van der Waals surface area (Å²) in [6.07, 6.45) is 4.23. The van der Waals surface area contributed by atoms with Gasteiger partial charge in [-0.1, -0.05) is 119 Å². The number of carbonyl (C=O) groups excluding carboxylic acids is 5. The Morgan fingerprint density at radius 3 is 1.33 bits per heavy atom. The fourth-order valence-electron chi connectivity index (χ4n) is 12.4. The molecule has 113 heavy (non-hydrogen) atoms. The van der Waals surface area contributed by atoms with Gasteiger partial charge in [0.05, 0.1) is 32.7 Å². The van der Waals surface area contributed by atoms with E-state index in [0.29, 0.717) is 113 Å². The molecule has 0 bridgehead atoms. The van der Waals surface area contributed by atoms with Gasteiger partial charge in [0.15, 0.2) is 0 Å². The zero-order valence-corrected chi connectivity index (χ0v) is 68.6. The first-order chi connectivity index (χ1) is 53.7. The summed E-state index contributed by atoms with van der Waals surface area (Å²) >= 11 is 30.6. The molecule has 12 aromatic rings. The number of methoxy groups -OCH3 is 1. The zero-order chi connectivity index (χ0) is 81.6. The van der Waals surface area contributed by atoms with E-state index in [1.807, 2.05) is 131 Å². The SMILES string of the molecule is COC(=O)c1ccc(S(=O)(=O)NC(=O)c2[nH]c3ccccc3c2CCCOc2cc(C)c(Cl)c(C)c2)o1.Cc1cc(OCCCc2c(C(=O)NS(=O)(=O)c3ccc(Cl)nc3)[nH]c3ccccc23)cc(C)c1Cl.Cc1ccccc1C(=O)NCCS(=O)(=O)NC(=O)c1[nH]c2cc(Cl)ccc2c1CCCOc1cc(C)c(Cl)c(C)c1. The van der Waals surface area contributed by atoms with E-state index in [9.17, 15) is 49.2 Å². The molecule has 0 saturated heterocycles. The van der Waals surface area contributed by atoms with Crippen LogP contribution in [0.1, 0.15) is 127 Å². The van der Waals surface area contributed by atoms with Crippen LogP contribution in [-0.4, -0.2) is 114 Å². The van der Waals surface area contributed by atoms with Crippen LogP contribution >= 0.6 is 58.0 Å². The van der Waals surface area contributed by atoms with Crippen molar-refractivity contribution in [3.8, 4) is 17.2 Å². The van der Waals surface area contributed by atoms with Gasteiger partial charge in [0.2, 0.25) is 20.9 Å². The molecule has 0 fully saturated rings. The second-order valence-electron chi connectivity index (χ2n) is 26.3. The average Bonchev–Trinajstić information content (AvgIpc) is 1.63. The summed E-state index contributed by atoms with van der Waals surface area (Å²) in [5.41, 5.74) is 11.3. The lowest BCUT2D eigenvalue weighted by molar-refractivity contribution is 0.0558. The Morgan fingerprint density at radius 2 is 0.876 bits per heavy atom. The number of hydrogen-bond donors (Lipinski definition) is 7. The number of nitrogens with one attached hydrogen (secondary N) is 7. The Bertz CT molecular complexity index is 5880. The van der Waals surface area contributed by atoms with Crippen LogP contribution in [0.4, 0.5) is 0 Å². The molecule has 0 aliphatic carbocycles. The molecule has 7 aromatic carbocycles. The molecule has 0 atom stereocenters. The third kappa shape index (κ3) is 21.7. The highest BCUT2D eigenvalue weighted by atomic mass is 35.5. The fraction of sp³-hybridized carbons (Fsp3) is 0.235. The molecule has 0 radical (unpaired) electrons. The number of ether oxygens (including phenoxy) is 4. The number of H-pyrrole nitrogens is 3. The normalized spacial score (nSPS) is 11.5. The van der Waals surface area contributed by atoms with Gasteiger partial charge >= 0.3 is 5.97 Å². The molecule has 592 valence electrons. The number of fused-ring (bicyclic) bond motifs is 3. The maximum Gasteiger partial charge on any atom is 0.374 e. The highest BCUT2D eigenvalue weighted by molar-refractivity contribution is 7.90. The molecule has 5 aromatic heterocycles. The van der Waals surface area contributed by atoms with E-state index in [2.05, 4.69) is 39.4 Å². The highest BCUT2D eigenvalue weighted by Crippen LogP contribution is 2.33. The standard InChI is InChI=1S/C30H31Cl2N3O5S.C26H25ClN2O7S.C25H23Cl2N3O4S/c1-18-7-4-5-8-23(18)29(36)33-12-14-41(38,39)35-30(37)28-25(24-11-10-21(31)17-26(24)34-28)9-6-13-40-22-15-19(2)27(32)20(3)16-22;1-15-13-17(14-16(2)23(15)27)35-12-6-8-19-18-7-4-5-9-20(18)28-24(19)25(30)29-37(32,33)22-11-10-21(36-22)26(31)34-3;1-15-12-17(13-16(2)23(15)27)34-11-5-7-20-19-6-3-4-8-21(19)29-24(20)25(31)30-35(32,33)18-9-10-22(26)28-14-18/h4-5,7-8,10-11,15-17,34H,6,9,12-14H2,1-3H3,(H,33,36)(H,35,37);4-5,7,9-11,13-14,28H,6,8,12H2,1-3H3,(H,29,30);3-4,6,8-10,12-14,29H,5,7,11H2,1-2H3,(H,30,31). The molecule has 7 N–H and O–H groups in total. The molecule has 5 heterocycles. The first-order valence-electron chi connectivity index (χ1n) is 35.2. The van der Waals surface area contributed by atoms with Gasteiger partial charge in [0, 0.05) is 71.1 Å². The van der Waals surface area contributed by atoms with E-state index in [1.165, 1.54) is 12.1 Å². The minimum absolute atomic E-state index is 0.114. The molecule has 0 unspecified atom stereocenters. The van der Waals surface area contributed by atoms with Gasteiger partial charge in [-0.2, -0.15) is 8.42 Å². The van der Waals surface area contributed by atoms with Gasteiger partial charge in [-0.25, -0.2) is 40.8 Å². The number of sulfonamides is 3. The number of aryl methyl sites for hydroxylation is 10. The van der Waals surface area contributed by atoms with Crippen molar-refractivity contribution in [2.24, 2.45) is 0 Å². The molecule has 32 heteroatoms. The topological polar surface area (TPSA) is 346 Å². The Hall–Kier alpha value is -10.4. The number of aromatic nitrogens is 4. The minimum Gasteiger partial charge on any atom is -0.494 e. The van der Waals surface area contributed by atoms with Crippen LogP contribution in [0, 0.1) is 48.5 Å².